The van der Waals surface area contributed by atoms with Gasteiger partial charge in [-0.15, -0.1) is 0 Å². The van der Waals surface area contributed by atoms with Crippen molar-refractivity contribution in [3.63, 3.8) is 0 Å². The number of rotatable bonds is 2. The highest BCUT2D eigenvalue weighted by Crippen LogP contribution is 2.39. The quantitative estimate of drug-likeness (QED) is 0.912. The third kappa shape index (κ3) is 2.16. The number of hydrogen-bond acceptors (Lipinski definition) is 3. The van der Waals surface area contributed by atoms with E-state index in [1.165, 1.54) is 32.1 Å². The lowest BCUT2D eigenvalue weighted by Gasteiger charge is -2.33. The Hall–Kier alpha value is -0.610. The molecule has 4 heteroatoms. The Balaban J connectivity index is 1.90. The third-order valence-corrected chi connectivity index (χ3v) is 4.80. The van der Waals surface area contributed by atoms with Crippen LogP contribution in [0.25, 0.3) is 0 Å². The normalized spacial score (nSPS) is 27.3. The Morgan fingerprint density at radius 2 is 2.17 bits per heavy atom. The van der Waals surface area contributed by atoms with Crippen LogP contribution in [0.3, 0.4) is 0 Å². The number of halogens is 1. The Labute approximate surface area is 116 Å². The molecule has 3 nitrogen and oxygen atoms in total. The molecule has 2 atom stereocenters. The minimum Gasteiger partial charge on any atom is -0.392 e. The molecule has 2 aliphatic rings. The van der Waals surface area contributed by atoms with Gasteiger partial charge in [0, 0.05) is 28.8 Å². The highest BCUT2D eigenvalue weighted by Gasteiger charge is 2.36. The maximum absolute atomic E-state index is 9.51. The molecule has 0 spiro atoms. The number of hydrogen-bond donors (Lipinski definition) is 1. The topological polar surface area (TPSA) is 36.4 Å². The maximum atomic E-state index is 9.51. The van der Waals surface area contributed by atoms with Gasteiger partial charge in [-0.25, -0.2) is 4.98 Å². The van der Waals surface area contributed by atoms with Crippen molar-refractivity contribution in [3.8, 4) is 0 Å². The first-order chi connectivity index (χ1) is 8.79. The molecule has 2 unspecified atom stereocenters. The summed E-state index contributed by atoms with van der Waals surface area (Å²) in [5, 5.41) is 9.51. The second kappa shape index (κ2) is 5.17. The number of pyridine rings is 1. The van der Waals surface area contributed by atoms with E-state index < -0.39 is 0 Å². The summed E-state index contributed by atoms with van der Waals surface area (Å²) in [6.07, 6.45) is 8.50. The zero-order chi connectivity index (χ0) is 12.5. The van der Waals surface area contributed by atoms with Crippen LogP contribution in [-0.2, 0) is 6.61 Å². The summed E-state index contributed by atoms with van der Waals surface area (Å²) in [6.45, 7) is 1.16. The van der Waals surface area contributed by atoms with E-state index in [0.717, 1.165) is 28.3 Å². The molecular formula is C14H19BrN2O. The smallest absolute Gasteiger partial charge is 0.134 e. The van der Waals surface area contributed by atoms with E-state index >= 15 is 0 Å². The van der Waals surface area contributed by atoms with E-state index in [0.29, 0.717) is 6.04 Å². The molecule has 1 aliphatic carbocycles. The molecule has 1 aliphatic heterocycles. The van der Waals surface area contributed by atoms with Gasteiger partial charge in [0.1, 0.15) is 5.82 Å². The fourth-order valence-corrected chi connectivity index (χ4v) is 3.90. The number of aromatic nitrogens is 1. The Morgan fingerprint density at radius 3 is 3.00 bits per heavy atom. The van der Waals surface area contributed by atoms with Gasteiger partial charge in [0.15, 0.2) is 0 Å². The molecule has 0 radical (unpaired) electrons. The van der Waals surface area contributed by atoms with Crippen molar-refractivity contribution in [2.45, 2.75) is 44.8 Å². The van der Waals surface area contributed by atoms with Crippen molar-refractivity contribution < 1.29 is 5.11 Å². The molecule has 0 bridgehead atoms. The van der Waals surface area contributed by atoms with Gasteiger partial charge in [-0.3, -0.25) is 0 Å². The first-order valence-electron chi connectivity index (χ1n) is 6.81. The third-order valence-electron chi connectivity index (χ3n) is 4.36. The molecule has 2 heterocycles. The van der Waals surface area contributed by atoms with Crippen LogP contribution >= 0.6 is 15.9 Å². The van der Waals surface area contributed by atoms with E-state index in [4.69, 9.17) is 0 Å². The highest BCUT2D eigenvalue weighted by atomic mass is 79.9. The van der Waals surface area contributed by atoms with Crippen LogP contribution in [0.4, 0.5) is 5.82 Å². The summed E-state index contributed by atoms with van der Waals surface area (Å²) in [5.41, 5.74) is 0.940. The molecule has 1 saturated heterocycles. The Morgan fingerprint density at radius 1 is 1.33 bits per heavy atom. The Kier molecular flexibility index (Phi) is 3.57. The molecule has 98 valence electrons. The monoisotopic (exact) mass is 310 g/mol. The van der Waals surface area contributed by atoms with E-state index in [9.17, 15) is 5.11 Å². The van der Waals surface area contributed by atoms with Crippen molar-refractivity contribution >= 4 is 21.7 Å². The van der Waals surface area contributed by atoms with Gasteiger partial charge in [-0.1, -0.05) is 12.8 Å². The second-order valence-corrected chi connectivity index (χ2v) is 6.30. The summed E-state index contributed by atoms with van der Waals surface area (Å²) < 4.78 is 0.940. The van der Waals surface area contributed by atoms with Crippen LogP contribution < -0.4 is 4.90 Å². The summed E-state index contributed by atoms with van der Waals surface area (Å²) in [7, 11) is 0. The average Bonchev–Trinajstić information content (AvgIpc) is 2.82. The van der Waals surface area contributed by atoms with Crippen molar-refractivity contribution in [1.29, 1.82) is 0 Å². The molecule has 0 amide bonds. The second-order valence-electron chi connectivity index (χ2n) is 5.39. The largest absolute Gasteiger partial charge is 0.392 e. The van der Waals surface area contributed by atoms with Crippen LogP contribution in [0, 0.1) is 5.92 Å². The molecule has 18 heavy (non-hydrogen) atoms. The van der Waals surface area contributed by atoms with Crippen molar-refractivity contribution in [2.75, 3.05) is 11.4 Å². The summed E-state index contributed by atoms with van der Waals surface area (Å²) in [5.74, 6) is 1.84. The minimum absolute atomic E-state index is 0.0651. The van der Waals surface area contributed by atoms with Crippen molar-refractivity contribution in [1.82, 2.24) is 4.98 Å². The highest BCUT2D eigenvalue weighted by molar-refractivity contribution is 9.10. The van der Waals surface area contributed by atoms with E-state index in [2.05, 4.69) is 25.8 Å². The van der Waals surface area contributed by atoms with Gasteiger partial charge in [0.25, 0.3) is 0 Å². The lowest BCUT2D eigenvalue weighted by atomic mass is 9.85. The van der Waals surface area contributed by atoms with E-state index in [1.807, 2.05) is 12.3 Å². The summed E-state index contributed by atoms with van der Waals surface area (Å²) >= 11 is 3.42. The van der Waals surface area contributed by atoms with Crippen LogP contribution in [0.1, 0.15) is 37.7 Å². The van der Waals surface area contributed by atoms with Crippen LogP contribution in [0.5, 0.6) is 0 Å². The molecule has 0 aromatic carbocycles. The van der Waals surface area contributed by atoms with Gasteiger partial charge < -0.3 is 10.0 Å². The van der Waals surface area contributed by atoms with Crippen LogP contribution in [-0.4, -0.2) is 22.7 Å². The van der Waals surface area contributed by atoms with Crippen LogP contribution in [0.15, 0.2) is 16.7 Å². The molecule has 3 rings (SSSR count). The van der Waals surface area contributed by atoms with Crippen molar-refractivity contribution in [2.24, 2.45) is 5.92 Å². The fraction of sp³-hybridized carbons (Fsp3) is 0.643. The molecule has 1 aromatic rings. The lowest BCUT2D eigenvalue weighted by Crippen LogP contribution is -2.35. The van der Waals surface area contributed by atoms with Gasteiger partial charge >= 0.3 is 0 Å². The molecule has 1 saturated carbocycles. The predicted molar refractivity (Wildman–Crippen MR) is 75.6 cm³/mol. The first kappa shape index (κ1) is 12.4. The van der Waals surface area contributed by atoms with E-state index in [-0.39, 0.29) is 6.61 Å². The summed E-state index contributed by atoms with van der Waals surface area (Å²) in [6, 6.07) is 2.64. The number of fused-ring (bicyclic) bond motifs is 1. The number of nitrogens with zero attached hydrogens (tertiary/aromatic N) is 2. The lowest BCUT2D eigenvalue weighted by molar-refractivity contribution is 0.280. The standard InChI is InChI=1S/C14H19BrN2O/c15-12-7-11(9-18)14(16-8-12)17-6-5-10-3-1-2-4-13(10)17/h7-8,10,13,18H,1-6,9H2. The van der Waals surface area contributed by atoms with Gasteiger partial charge in [-0.05, 0) is 47.2 Å². The van der Waals surface area contributed by atoms with Gasteiger partial charge in [-0.2, -0.15) is 0 Å². The number of aliphatic hydroxyl groups is 1. The molecule has 1 aromatic heterocycles. The molecule has 2 fully saturated rings. The SMILES string of the molecule is OCc1cc(Br)cnc1N1CCC2CCCCC21. The zero-order valence-electron chi connectivity index (χ0n) is 10.5. The average molecular weight is 311 g/mol. The minimum atomic E-state index is 0.0651. The maximum Gasteiger partial charge on any atom is 0.134 e. The first-order valence-corrected chi connectivity index (χ1v) is 7.61. The zero-order valence-corrected chi connectivity index (χ0v) is 12.1. The van der Waals surface area contributed by atoms with Crippen LogP contribution in [0.2, 0.25) is 0 Å². The fourth-order valence-electron chi connectivity index (χ4n) is 3.52. The number of aliphatic hydroxyl groups excluding tert-OH is 1. The Bertz CT molecular complexity index is 438. The van der Waals surface area contributed by atoms with E-state index in [1.54, 1.807) is 0 Å². The summed E-state index contributed by atoms with van der Waals surface area (Å²) in [4.78, 5) is 6.97. The predicted octanol–water partition coefficient (Wildman–Crippen LogP) is 3.11. The number of anilines is 1. The van der Waals surface area contributed by atoms with Gasteiger partial charge in [0.05, 0.1) is 6.61 Å². The van der Waals surface area contributed by atoms with Gasteiger partial charge in [0.2, 0.25) is 0 Å². The van der Waals surface area contributed by atoms with Crippen molar-refractivity contribution in [3.05, 3.63) is 22.3 Å². The molecular weight excluding hydrogens is 292 g/mol. The molecule has 1 N–H and O–H groups in total.